The standard InChI is InChI=1S/C10H9NO4S/c11-9(15-10(12)16)6-1-2-7-8(5-6)14-4-3-13-7/h1-2,5,11H,3-4H2,(H,12,16). The zero-order valence-electron chi connectivity index (χ0n) is 8.23. The highest BCUT2D eigenvalue weighted by Gasteiger charge is 2.14. The predicted molar refractivity (Wildman–Crippen MR) is 59.7 cm³/mol. The van der Waals surface area contributed by atoms with E-state index >= 15 is 0 Å². The molecule has 1 aliphatic heterocycles. The molecule has 1 aliphatic rings. The molecule has 1 N–H and O–H groups in total. The van der Waals surface area contributed by atoms with Crippen molar-refractivity contribution in [2.24, 2.45) is 0 Å². The van der Waals surface area contributed by atoms with Crippen molar-refractivity contribution in [2.45, 2.75) is 0 Å². The summed E-state index contributed by atoms with van der Waals surface area (Å²) in [5.41, 5.74) is 0.437. The van der Waals surface area contributed by atoms with E-state index in [4.69, 9.17) is 14.9 Å². The molecule has 0 radical (unpaired) electrons. The highest BCUT2D eigenvalue weighted by Crippen LogP contribution is 2.30. The average Bonchev–Trinajstić information content (AvgIpc) is 2.27. The van der Waals surface area contributed by atoms with Gasteiger partial charge in [-0.2, -0.15) is 0 Å². The van der Waals surface area contributed by atoms with Crippen molar-refractivity contribution in [3.05, 3.63) is 23.8 Å². The first-order valence-corrected chi connectivity index (χ1v) is 5.01. The molecular formula is C10H9NO4S. The van der Waals surface area contributed by atoms with Crippen LogP contribution in [0.1, 0.15) is 5.56 Å². The Morgan fingerprint density at radius 2 is 2.00 bits per heavy atom. The first-order valence-electron chi connectivity index (χ1n) is 4.56. The van der Waals surface area contributed by atoms with Crippen molar-refractivity contribution in [1.82, 2.24) is 0 Å². The Hall–Kier alpha value is -1.69. The van der Waals surface area contributed by atoms with Crippen LogP contribution in [0.4, 0.5) is 4.79 Å². The summed E-state index contributed by atoms with van der Waals surface area (Å²) in [4.78, 5) is 10.6. The molecule has 0 aromatic heterocycles. The lowest BCUT2D eigenvalue weighted by atomic mass is 10.2. The van der Waals surface area contributed by atoms with E-state index in [0.29, 0.717) is 30.3 Å². The second-order valence-electron chi connectivity index (χ2n) is 3.06. The summed E-state index contributed by atoms with van der Waals surface area (Å²) >= 11 is 3.43. The van der Waals surface area contributed by atoms with E-state index in [0.717, 1.165) is 0 Å². The fraction of sp³-hybridized carbons (Fsp3) is 0.200. The van der Waals surface area contributed by atoms with Gasteiger partial charge >= 0.3 is 5.30 Å². The van der Waals surface area contributed by atoms with Gasteiger partial charge in [0.25, 0.3) is 0 Å². The molecule has 0 unspecified atom stereocenters. The van der Waals surface area contributed by atoms with Gasteiger partial charge in [0.2, 0.25) is 5.90 Å². The van der Waals surface area contributed by atoms with Crippen LogP contribution in [-0.2, 0) is 4.74 Å². The van der Waals surface area contributed by atoms with E-state index in [2.05, 4.69) is 17.4 Å². The molecule has 0 saturated heterocycles. The molecule has 5 nitrogen and oxygen atoms in total. The summed E-state index contributed by atoms with van der Waals surface area (Å²) in [7, 11) is 0. The molecule has 0 saturated carbocycles. The monoisotopic (exact) mass is 239 g/mol. The Balaban J connectivity index is 2.23. The van der Waals surface area contributed by atoms with Gasteiger partial charge in [-0.1, -0.05) is 12.6 Å². The summed E-state index contributed by atoms with van der Waals surface area (Å²) in [5.74, 6) is 0.903. The van der Waals surface area contributed by atoms with E-state index in [1.165, 1.54) is 0 Å². The minimum absolute atomic E-state index is 0.267. The number of hydrogen-bond donors (Lipinski definition) is 2. The molecule has 0 aliphatic carbocycles. The third-order valence-electron chi connectivity index (χ3n) is 1.99. The van der Waals surface area contributed by atoms with Gasteiger partial charge < -0.3 is 14.2 Å². The Kier molecular flexibility index (Phi) is 3.00. The first kappa shape index (κ1) is 10.8. The minimum Gasteiger partial charge on any atom is -0.486 e. The third-order valence-corrected chi connectivity index (χ3v) is 2.09. The normalized spacial score (nSPS) is 13.1. The molecule has 2 rings (SSSR count). The maximum absolute atomic E-state index is 10.6. The number of thiol groups is 1. The van der Waals surface area contributed by atoms with Crippen LogP contribution >= 0.6 is 12.6 Å². The van der Waals surface area contributed by atoms with Crippen LogP contribution in [0.3, 0.4) is 0 Å². The smallest absolute Gasteiger partial charge is 0.370 e. The topological polar surface area (TPSA) is 68.6 Å². The fourth-order valence-corrected chi connectivity index (χ4v) is 1.42. The van der Waals surface area contributed by atoms with E-state index < -0.39 is 5.30 Å². The molecule has 0 atom stereocenters. The number of hydrogen-bond acceptors (Lipinski definition) is 5. The predicted octanol–water partition coefficient (Wildman–Crippen LogP) is 1.85. The first-order chi connectivity index (χ1) is 7.66. The molecule has 1 aromatic carbocycles. The molecule has 0 bridgehead atoms. The van der Waals surface area contributed by atoms with Gasteiger partial charge in [0.1, 0.15) is 13.2 Å². The lowest BCUT2D eigenvalue weighted by Gasteiger charge is -2.18. The van der Waals surface area contributed by atoms with Crippen molar-refractivity contribution in [3.63, 3.8) is 0 Å². The lowest BCUT2D eigenvalue weighted by molar-refractivity contribution is 0.171. The van der Waals surface area contributed by atoms with Crippen molar-refractivity contribution in [3.8, 4) is 11.5 Å². The largest absolute Gasteiger partial charge is 0.486 e. The van der Waals surface area contributed by atoms with Crippen LogP contribution in [0.5, 0.6) is 11.5 Å². The maximum Gasteiger partial charge on any atom is 0.370 e. The molecule has 6 heteroatoms. The second-order valence-corrected chi connectivity index (χ2v) is 3.42. The quantitative estimate of drug-likeness (QED) is 0.339. The summed E-state index contributed by atoms with van der Waals surface area (Å²) < 4.78 is 15.2. The van der Waals surface area contributed by atoms with Gasteiger partial charge in [0.05, 0.1) is 0 Å². The van der Waals surface area contributed by atoms with E-state index in [-0.39, 0.29) is 5.90 Å². The van der Waals surface area contributed by atoms with Gasteiger partial charge in [0, 0.05) is 5.56 Å². The summed E-state index contributed by atoms with van der Waals surface area (Å²) in [5, 5.41) is 6.67. The molecular weight excluding hydrogens is 230 g/mol. The molecule has 0 fully saturated rings. The zero-order chi connectivity index (χ0) is 11.5. The van der Waals surface area contributed by atoms with Gasteiger partial charge in [-0.15, -0.1) is 0 Å². The molecule has 0 spiro atoms. The minimum atomic E-state index is -0.820. The van der Waals surface area contributed by atoms with Crippen LogP contribution in [0.15, 0.2) is 18.2 Å². The highest BCUT2D eigenvalue weighted by atomic mass is 32.1. The van der Waals surface area contributed by atoms with E-state index in [1.54, 1.807) is 18.2 Å². The molecule has 16 heavy (non-hydrogen) atoms. The fourth-order valence-electron chi connectivity index (χ4n) is 1.33. The highest BCUT2D eigenvalue weighted by molar-refractivity contribution is 7.96. The van der Waals surface area contributed by atoms with Crippen LogP contribution in [0.2, 0.25) is 0 Å². The Bertz CT molecular complexity index is 446. The maximum atomic E-state index is 10.6. The third kappa shape index (κ3) is 2.27. The number of fused-ring (bicyclic) bond motifs is 1. The Morgan fingerprint density at radius 3 is 2.69 bits per heavy atom. The van der Waals surface area contributed by atoms with Crippen LogP contribution in [0.25, 0.3) is 0 Å². The Morgan fingerprint density at radius 1 is 1.31 bits per heavy atom. The lowest BCUT2D eigenvalue weighted by Crippen LogP contribution is -2.16. The molecule has 1 heterocycles. The van der Waals surface area contributed by atoms with Gasteiger partial charge in [-0.25, -0.2) is 4.79 Å². The number of carbonyl (C=O) groups excluding carboxylic acids is 1. The van der Waals surface area contributed by atoms with Gasteiger partial charge in [-0.05, 0) is 18.2 Å². The number of ether oxygens (including phenoxy) is 3. The van der Waals surface area contributed by atoms with Gasteiger partial charge in [0.15, 0.2) is 11.5 Å². The molecule has 0 amide bonds. The van der Waals surface area contributed by atoms with Crippen LogP contribution in [0, 0.1) is 5.41 Å². The summed E-state index contributed by atoms with van der Waals surface area (Å²) in [6.45, 7) is 0.978. The number of nitrogens with one attached hydrogen (secondary N) is 1. The van der Waals surface area contributed by atoms with Crippen LogP contribution in [-0.4, -0.2) is 24.4 Å². The Labute approximate surface area is 97.2 Å². The number of benzene rings is 1. The summed E-state index contributed by atoms with van der Waals surface area (Å²) in [6.07, 6.45) is 0. The molecule has 1 aromatic rings. The summed E-state index contributed by atoms with van der Waals surface area (Å²) in [6, 6.07) is 4.88. The zero-order valence-corrected chi connectivity index (χ0v) is 9.12. The van der Waals surface area contributed by atoms with Crippen molar-refractivity contribution >= 4 is 23.8 Å². The van der Waals surface area contributed by atoms with Crippen molar-refractivity contribution in [1.29, 1.82) is 5.41 Å². The SMILES string of the molecule is N=C(OC(=O)S)c1ccc2c(c1)OCCO2. The van der Waals surface area contributed by atoms with Crippen molar-refractivity contribution in [2.75, 3.05) is 13.2 Å². The number of carbonyl (C=O) groups is 1. The average molecular weight is 239 g/mol. The van der Waals surface area contributed by atoms with E-state index in [9.17, 15) is 4.79 Å². The van der Waals surface area contributed by atoms with Crippen molar-refractivity contribution < 1.29 is 19.0 Å². The number of rotatable bonds is 1. The van der Waals surface area contributed by atoms with Crippen LogP contribution < -0.4 is 9.47 Å². The van der Waals surface area contributed by atoms with Gasteiger partial charge in [-0.3, -0.25) is 5.41 Å². The second kappa shape index (κ2) is 4.44. The van der Waals surface area contributed by atoms with E-state index in [1.807, 2.05) is 0 Å². The molecule has 84 valence electrons.